The molecule has 24 heavy (non-hydrogen) atoms. The first-order chi connectivity index (χ1) is 11.3. The van der Waals surface area contributed by atoms with Gasteiger partial charge in [0.25, 0.3) is 10.1 Å². The van der Waals surface area contributed by atoms with Crippen LogP contribution in [0.4, 0.5) is 0 Å². The summed E-state index contributed by atoms with van der Waals surface area (Å²) in [6, 6.07) is 6.62. The molecule has 0 radical (unpaired) electrons. The van der Waals surface area contributed by atoms with E-state index in [1.54, 1.807) is 24.3 Å². The predicted molar refractivity (Wildman–Crippen MR) is 95.8 cm³/mol. The molecule has 0 saturated carbocycles. The molecule has 1 unspecified atom stereocenters. The Labute approximate surface area is 152 Å². The number of aryl methyl sites for hydroxylation is 1. The Morgan fingerprint density at radius 3 is 2.58 bits per heavy atom. The van der Waals surface area contributed by atoms with Crippen molar-refractivity contribution in [2.45, 2.75) is 56.3 Å². The summed E-state index contributed by atoms with van der Waals surface area (Å²) in [5.74, 6) is 0. The van der Waals surface area contributed by atoms with E-state index in [2.05, 4.69) is 15.9 Å². The molecule has 0 bridgehead atoms. The van der Waals surface area contributed by atoms with Gasteiger partial charge < -0.3 is 9.47 Å². The molecule has 1 aromatic carbocycles. The molecule has 0 N–H and O–H groups in total. The molecular formula is C17H25BrO5S. The van der Waals surface area contributed by atoms with Gasteiger partial charge in [0.05, 0.1) is 17.1 Å². The summed E-state index contributed by atoms with van der Waals surface area (Å²) >= 11 is 3.45. The summed E-state index contributed by atoms with van der Waals surface area (Å²) in [6.45, 7) is 4.61. The molecular weight excluding hydrogens is 396 g/mol. The highest BCUT2D eigenvalue weighted by Gasteiger charge is 2.30. The highest BCUT2D eigenvalue weighted by molar-refractivity contribution is 9.09. The molecule has 1 saturated heterocycles. The van der Waals surface area contributed by atoms with Crippen LogP contribution in [0.15, 0.2) is 29.2 Å². The van der Waals surface area contributed by atoms with Crippen LogP contribution in [0, 0.1) is 6.92 Å². The smallest absolute Gasteiger partial charge is 0.296 e. The van der Waals surface area contributed by atoms with Crippen molar-refractivity contribution in [1.82, 2.24) is 0 Å². The molecule has 1 fully saturated rings. The fourth-order valence-corrected chi connectivity index (χ4v) is 3.74. The average molecular weight is 421 g/mol. The predicted octanol–water partition coefficient (Wildman–Crippen LogP) is 3.79. The van der Waals surface area contributed by atoms with Crippen molar-refractivity contribution < 1.29 is 22.1 Å². The Kier molecular flexibility index (Phi) is 7.24. The van der Waals surface area contributed by atoms with Crippen molar-refractivity contribution >= 4 is 26.0 Å². The van der Waals surface area contributed by atoms with Crippen LogP contribution in [0.2, 0.25) is 0 Å². The summed E-state index contributed by atoms with van der Waals surface area (Å²) < 4.78 is 41.2. The molecule has 5 nitrogen and oxygen atoms in total. The first-order valence-electron chi connectivity index (χ1n) is 8.16. The zero-order valence-electron chi connectivity index (χ0n) is 14.2. The minimum absolute atomic E-state index is 0.0605. The van der Waals surface area contributed by atoms with Crippen molar-refractivity contribution in [3.05, 3.63) is 29.8 Å². The van der Waals surface area contributed by atoms with Gasteiger partial charge in [-0.2, -0.15) is 8.42 Å². The topological polar surface area (TPSA) is 61.8 Å². The maximum absolute atomic E-state index is 12.2. The highest BCUT2D eigenvalue weighted by atomic mass is 79.9. The lowest BCUT2D eigenvalue weighted by Gasteiger charge is -2.34. The minimum atomic E-state index is -3.74. The molecule has 1 aromatic rings. The van der Waals surface area contributed by atoms with Gasteiger partial charge in [-0.25, -0.2) is 0 Å². The van der Waals surface area contributed by atoms with Crippen molar-refractivity contribution in [3.8, 4) is 0 Å². The van der Waals surface area contributed by atoms with Crippen LogP contribution < -0.4 is 0 Å². The van der Waals surface area contributed by atoms with E-state index >= 15 is 0 Å². The van der Waals surface area contributed by atoms with Crippen LogP contribution in [-0.4, -0.2) is 38.9 Å². The van der Waals surface area contributed by atoms with E-state index in [0.717, 1.165) is 24.8 Å². The molecule has 1 heterocycles. The molecule has 2 atom stereocenters. The summed E-state index contributed by atoms with van der Waals surface area (Å²) in [4.78, 5) is 0.171. The lowest BCUT2D eigenvalue weighted by Crippen LogP contribution is -2.39. The molecule has 0 amide bonds. The van der Waals surface area contributed by atoms with Gasteiger partial charge in [0.2, 0.25) is 0 Å². The van der Waals surface area contributed by atoms with Crippen LogP contribution >= 0.6 is 15.9 Å². The molecule has 1 aliphatic rings. The number of benzene rings is 1. The van der Waals surface area contributed by atoms with E-state index in [1.807, 2.05) is 13.8 Å². The second kappa shape index (κ2) is 8.76. The lowest BCUT2D eigenvalue weighted by atomic mass is 10.1. The first-order valence-corrected chi connectivity index (χ1v) is 10.7. The Balaban J connectivity index is 1.89. The summed E-state index contributed by atoms with van der Waals surface area (Å²) in [5, 5.41) is 0.577. The van der Waals surface area contributed by atoms with Gasteiger partial charge in [0, 0.05) is 18.4 Å². The Morgan fingerprint density at radius 1 is 1.29 bits per heavy atom. The number of halogens is 1. The van der Waals surface area contributed by atoms with Crippen molar-refractivity contribution in [2.24, 2.45) is 0 Å². The van der Waals surface area contributed by atoms with Gasteiger partial charge in [-0.3, -0.25) is 4.18 Å². The van der Waals surface area contributed by atoms with Gasteiger partial charge in [0.1, 0.15) is 0 Å². The fraction of sp³-hybridized carbons (Fsp3) is 0.647. The van der Waals surface area contributed by atoms with Gasteiger partial charge in [-0.15, -0.1) is 0 Å². The third-order valence-electron chi connectivity index (χ3n) is 4.02. The van der Waals surface area contributed by atoms with E-state index < -0.39 is 15.7 Å². The standard InChI is InChI=1S/C17H25BrO5S/c1-14-6-8-15(9-7-14)24(19,20)22-12-10-17(2,13-18)23-16-5-3-4-11-21-16/h6-9,16H,3-5,10-13H2,1-2H3/t16?,17-/m1/s1. The largest absolute Gasteiger partial charge is 0.353 e. The van der Waals surface area contributed by atoms with Crippen molar-refractivity contribution in [3.63, 3.8) is 0 Å². The summed E-state index contributed by atoms with van der Waals surface area (Å²) in [6.07, 6.45) is 3.23. The van der Waals surface area contributed by atoms with E-state index in [1.165, 1.54) is 0 Å². The van der Waals surface area contributed by atoms with Gasteiger partial charge in [-0.05, 0) is 45.2 Å². The Hall–Kier alpha value is -0.470. The Bertz CT molecular complexity index is 610. The number of alkyl halides is 1. The molecule has 136 valence electrons. The monoisotopic (exact) mass is 420 g/mol. The number of ether oxygens (including phenoxy) is 2. The van der Waals surface area contributed by atoms with Crippen LogP contribution in [0.1, 0.15) is 38.2 Å². The molecule has 7 heteroatoms. The third kappa shape index (κ3) is 5.81. The second-order valence-corrected chi connectivity index (χ2v) is 8.51. The average Bonchev–Trinajstić information content (AvgIpc) is 2.56. The van der Waals surface area contributed by atoms with E-state index in [0.29, 0.717) is 18.4 Å². The van der Waals surface area contributed by atoms with Gasteiger partial charge >= 0.3 is 0 Å². The van der Waals surface area contributed by atoms with Gasteiger partial charge in [-0.1, -0.05) is 33.6 Å². The third-order valence-corrected chi connectivity index (χ3v) is 6.53. The molecule has 0 aromatic heterocycles. The summed E-state index contributed by atoms with van der Waals surface area (Å²) in [5.41, 5.74) is 0.465. The van der Waals surface area contributed by atoms with Crippen LogP contribution in [-0.2, 0) is 23.8 Å². The minimum Gasteiger partial charge on any atom is -0.353 e. The SMILES string of the molecule is Cc1ccc(S(=O)(=O)OCC[C@](C)(CBr)OC2CCCCO2)cc1. The van der Waals surface area contributed by atoms with E-state index in [4.69, 9.17) is 13.7 Å². The highest BCUT2D eigenvalue weighted by Crippen LogP contribution is 2.26. The van der Waals surface area contributed by atoms with E-state index in [9.17, 15) is 8.42 Å². The zero-order valence-corrected chi connectivity index (χ0v) is 16.6. The molecule has 2 rings (SSSR count). The molecule has 0 spiro atoms. The number of hydrogen-bond acceptors (Lipinski definition) is 5. The molecule has 1 aliphatic heterocycles. The van der Waals surface area contributed by atoms with Crippen molar-refractivity contribution in [2.75, 3.05) is 18.5 Å². The number of hydrogen-bond donors (Lipinski definition) is 0. The maximum atomic E-state index is 12.2. The van der Waals surface area contributed by atoms with Gasteiger partial charge in [0.15, 0.2) is 6.29 Å². The fourth-order valence-electron chi connectivity index (χ4n) is 2.42. The zero-order chi connectivity index (χ0) is 17.6. The Morgan fingerprint density at radius 2 is 2.00 bits per heavy atom. The lowest BCUT2D eigenvalue weighted by molar-refractivity contribution is -0.216. The van der Waals surface area contributed by atoms with Crippen LogP contribution in [0.25, 0.3) is 0 Å². The van der Waals surface area contributed by atoms with Crippen LogP contribution in [0.5, 0.6) is 0 Å². The van der Waals surface area contributed by atoms with E-state index in [-0.39, 0.29) is 17.8 Å². The first kappa shape index (κ1) is 19.8. The van der Waals surface area contributed by atoms with Crippen LogP contribution in [0.3, 0.4) is 0 Å². The normalized spacial score (nSPS) is 21.4. The second-order valence-electron chi connectivity index (χ2n) is 6.34. The van der Waals surface area contributed by atoms with Crippen molar-refractivity contribution in [1.29, 1.82) is 0 Å². The quantitative estimate of drug-likeness (QED) is 0.472. The number of rotatable bonds is 8. The molecule has 0 aliphatic carbocycles. The maximum Gasteiger partial charge on any atom is 0.296 e. The summed E-state index contributed by atoms with van der Waals surface area (Å²) in [7, 11) is -3.74.